The van der Waals surface area contributed by atoms with Crippen molar-refractivity contribution < 1.29 is 23.1 Å². The fourth-order valence-corrected chi connectivity index (χ4v) is 1.89. The highest BCUT2D eigenvalue weighted by Crippen LogP contribution is 2.15. The maximum atomic E-state index is 12.7. The van der Waals surface area contributed by atoms with E-state index in [0.717, 1.165) is 11.6 Å². The lowest BCUT2D eigenvalue weighted by atomic mass is 10.1. The summed E-state index contributed by atoms with van der Waals surface area (Å²) in [6.07, 6.45) is 2.72. The van der Waals surface area contributed by atoms with Crippen LogP contribution < -0.4 is 0 Å². The van der Waals surface area contributed by atoms with Crippen molar-refractivity contribution in [2.75, 3.05) is 0 Å². The molecule has 0 saturated heterocycles. The highest BCUT2D eigenvalue weighted by molar-refractivity contribution is 5.70. The number of carboxylic acids is 1. The number of nitrogens with zero attached hydrogens (tertiary/aromatic N) is 3. The Labute approximate surface area is 134 Å². The Bertz CT molecular complexity index is 932. The summed E-state index contributed by atoms with van der Waals surface area (Å²) in [5, 5.41) is 20.9. The van der Waals surface area contributed by atoms with Crippen molar-refractivity contribution in [3.63, 3.8) is 0 Å². The van der Waals surface area contributed by atoms with Crippen LogP contribution in [-0.4, -0.2) is 20.7 Å². The van der Waals surface area contributed by atoms with Gasteiger partial charge in [-0.2, -0.15) is 10.4 Å². The first-order chi connectivity index (χ1) is 11.4. The summed E-state index contributed by atoms with van der Waals surface area (Å²) in [7, 11) is 0. The molecular formula is C16H10F3N3O2. The quantitative estimate of drug-likeness (QED) is 0.732. The summed E-state index contributed by atoms with van der Waals surface area (Å²) in [4.78, 5) is 10.1. The molecule has 0 spiro atoms. The molecule has 2 aromatic heterocycles. The number of carbonyl (C=O) groups is 1. The van der Waals surface area contributed by atoms with Crippen molar-refractivity contribution in [3.8, 4) is 6.07 Å². The van der Waals surface area contributed by atoms with E-state index in [-0.39, 0.29) is 5.56 Å². The molecule has 8 heteroatoms. The zero-order chi connectivity index (χ0) is 17.7. The third kappa shape index (κ3) is 3.70. The Balaban J connectivity index is 0.000000175. The first-order valence-electron chi connectivity index (χ1n) is 6.60. The fourth-order valence-electron chi connectivity index (χ4n) is 1.89. The topological polar surface area (TPSA) is 78.4 Å². The average molecular weight is 333 g/mol. The Morgan fingerprint density at radius 2 is 1.96 bits per heavy atom. The number of benzene rings is 1. The van der Waals surface area contributed by atoms with Crippen LogP contribution in [0.2, 0.25) is 0 Å². The van der Waals surface area contributed by atoms with Gasteiger partial charge in [0.2, 0.25) is 0 Å². The average Bonchev–Trinajstić information content (AvgIpc) is 2.99. The monoisotopic (exact) mass is 333 g/mol. The molecule has 24 heavy (non-hydrogen) atoms. The standard InChI is InChI=1S/C8H5F3O2.C8H5N3/c9-5-2-1-4(3-6(12)13)7(10)8(5)11;9-5-7-6-10-11-4-2-1-3-8(7)11/h1-2H,3H2,(H,12,13);1-4,6H. The van der Waals surface area contributed by atoms with Crippen LogP contribution in [0.3, 0.4) is 0 Å². The predicted octanol–water partition coefficient (Wildman–Crippen LogP) is 2.94. The van der Waals surface area contributed by atoms with E-state index in [1.54, 1.807) is 10.7 Å². The third-order valence-corrected chi connectivity index (χ3v) is 3.00. The second-order valence-corrected chi connectivity index (χ2v) is 4.61. The molecule has 0 fully saturated rings. The summed E-state index contributed by atoms with van der Waals surface area (Å²) in [6.45, 7) is 0. The summed E-state index contributed by atoms with van der Waals surface area (Å²) in [5.74, 6) is -5.71. The first-order valence-corrected chi connectivity index (χ1v) is 6.60. The van der Waals surface area contributed by atoms with Crippen LogP contribution in [-0.2, 0) is 11.2 Å². The maximum Gasteiger partial charge on any atom is 0.307 e. The molecule has 0 aliphatic carbocycles. The van der Waals surface area contributed by atoms with E-state index >= 15 is 0 Å². The molecule has 3 rings (SSSR count). The van der Waals surface area contributed by atoms with Gasteiger partial charge in [0.05, 0.1) is 23.7 Å². The van der Waals surface area contributed by atoms with Gasteiger partial charge in [-0.25, -0.2) is 17.7 Å². The van der Waals surface area contributed by atoms with Crippen LogP contribution in [0.15, 0.2) is 42.7 Å². The maximum absolute atomic E-state index is 12.7. The largest absolute Gasteiger partial charge is 0.481 e. The van der Waals surface area contributed by atoms with Crippen LogP contribution >= 0.6 is 0 Å². The molecule has 1 N–H and O–H groups in total. The van der Waals surface area contributed by atoms with Crippen molar-refractivity contribution in [2.45, 2.75) is 6.42 Å². The Morgan fingerprint density at radius 1 is 1.21 bits per heavy atom. The highest BCUT2D eigenvalue weighted by Gasteiger charge is 2.14. The van der Waals surface area contributed by atoms with E-state index < -0.39 is 29.8 Å². The number of nitriles is 1. The molecule has 5 nitrogen and oxygen atoms in total. The molecule has 0 aliphatic rings. The lowest BCUT2D eigenvalue weighted by molar-refractivity contribution is -0.136. The predicted molar refractivity (Wildman–Crippen MR) is 77.6 cm³/mol. The van der Waals surface area contributed by atoms with Crippen LogP contribution in [0.1, 0.15) is 11.1 Å². The molecule has 0 atom stereocenters. The number of hydrogen-bond donors (Lipinski definition) is 1. The zero-order valence-electron chi connectivity index (χ0n) is 12.1. The third-order valence-electron chi connectivity index (χ3n) is 3.00. The smallest absolute Gasteiger partial charge is 0.307 e. The summed E-state index contributed by atoms with van der Waals surface area (Å²) < 4.78 is 39.3. The number of aliphatic carboxylic acids is 1. The Kier molecular flexibility index (Phi) is 5.16. The SMILES string of the molecule is N#Cc1cnn2ccccc12.O=C(O)Cc1ccc(F)c(F)c1F. The van der Waals surface area contributed by atoms with Gasteiger partial charge >= 0.3 is 5.97 Å². The van der Waals surface area contributed by atoms with Gasteiger partial charge in [-0.05, 0) is 18.2 Å². The number of rotatable bonds is 2. The molecule has 3 aromatic rings. The minimum atomic E-state index is -1.64. The number of hydrogen-bond acceptors (Lipinski definition) is 3. The summed E-state index contributed by atoms with van der Waals surface area (Å²) in [6, 6.07) is 9.29. The van der Waals surface area contributed by atoms with Gasteiger partial charge in [-0.1, -0.05) is 12.1 Å². The molecule has 1 aromatic carbocycles. The number of aromatic nitrogens is 2. The van der Waals surface area contributed by atoms with Crippen LogP contribution in [0.4, 0.5) is 13.2 Å². The summed E-state index contributed by atoms with van der Waals surface area (Å²) in [5.41, 5.74) is 1.10. The molecule has 0 saturated carbocycles. The van der Waals surface area contributed by atoms with Crippen molar-refractivity contribution >= 4 is 11.5 Å². The van der Waals surface area contributed by atoms with Crippen molar-refractivity contribution in [3.05, 3.63) is 71.3 Å². The lowest BCUT2D eigenvalue weighted by Gasteiger charge is -2.00. The number of fused-ring (bicyclic) bond motifs is 1. The van der Waals surface area contributed by atoms with E-state index in [9.17, 15) is 18.0 Å². The van der Waals surface area contributed by atoms with Gasteiger partial charge in [-0.15, -0.1) is 0 Å². The molecule has 0 amide bonds. The van der Waals surface area contributed by atoms with E-state index in [1.165, 1.54) is 0 Å². The van der Waals surface area contributed by atoms with Crippen molar-refractivity contribution in [1.82, 2.24) is 9.61 Å². The molecule has 0 unspecified atom stereocenters. The Morgan fingerprint density at radius 3 is 2.62 bits per heavy atom. The van der Waals surface area contributed by atoms with Crippen molar-refractivity contribution in [1.29, 1.82) is 5.26 Å². The van der Waals surface area contributed by atoms with Gasteiger partial charge < -0.3 is 5.11 Å². The van der Waals surface area contributed by atoms with E-state index in [4.69, 9.17) is 10.4 Å². The minimum Gasteiger partial charge on any atom is -0.481 e. The minimum absolute atomic E-state index is 0.369. The molecule has 0 aliphatic heterocycles. The second kappa shape index (κ2) is 7.28. The fraction of sp³-hybridized carbons (Fsp3) is 0.0625. The molecule has 122 valence electrons. The molecule has 2 heterocycles. The van der Waals surface area contributed by atoms with Crippen LogP contribution in [0.25, 0.3) is 5.52 Å². The molecule has 0 bridgehead atoms. The van der Waals surface area contributed by atoms with Crippen LogP contribution in [0, 0.1) is 28.8 Å². The van der Waals surface area contributed by atoms with E-state index in [0.29, 0.717) is 11.6 Å². The number of halogens is 3. The second-order valence-electron chi connectivity index (χ2n) is 4.61. The molecular weight excluding hydrogens is 323 g/mol. The summed E-state index contributed by atoms with van der Waals surface area (Å²) >= 11 is 0. The van der Waals surface area contributed by atoms with Gasteiger partial charge in [0.15, 0.2) is 17.5 Å². The lowest BCUT2D eigenvalue weighted by Crippen LogP contribution is -2.05. The van der Waals surface area contributed by atoms with E-state index in [1.807, 2.05) is 24.4 Å². The van der Waals surface area contributed by atoms with Crippen molar-refractivity contribution in [2.24, 2.45) is 0 Å². The van der Waals surface area contributed by atoms with E-state index in [2.05, 4.69) is 11.2 Å². The van der Waals surface area contributed by atoms with Gasteiger partial charge in [0.25, 0.3) is 0 Å². The van der Waals surface area contributed by atoms with Gasteiger partial charge in [0.1, 0.15) is 6.07 Å². The molecule has 0 radical (unpaired) electrons. The highest BCUT2D eigenvalue weighted by atomic mass is 19.2. The van der Waals surface area contributed by atoms with Gasteiger partial charge in [0, 0.05) is 11.8 Å². The number of pyridine rings is 1. The Hall–Kier alpha value is -3.34. The van der Waals surface area contributed by atoms with Crippen LogP contribution in [0.5, 0.6) is 0 Å². The first kappa shape index (κ1) is 17.0. The normalized spacial score (nSPS) is 9.92. The number of carboxylic acid groups (broad SMARTS) is 1. The van der Waals surface area contributed by atoms with Gasteiger partial charge in [-0.3, -0.25) is 4.79 Å². The zero-order valence-corrected chi connectivity index (χ0v) is 12.1.